The quantitative estimate of drug-likeness (QED) is 0.746. The van der Waals surface area contributed by atoms with Crippen molar-refractivity contribution in [2.24, 2.45) is 5.92 Å². The van der Waals surface area contributed by atoms with Crippen LogP contribution in [0.25, 0.3) is 0 Å². The van der Waals surface area contributed by atoms with Gasteiger partial charge in [-0.1, -0.05) is 44.5 Å². The van der Waals surface area contributed by atoms with Gasteiger partial charge in [-0.05, 0) is 29.9 Å². The van der Waals surface area contributed by atoms with E-state index in [9.17, 15) is 4.79 Å². The third-order valence-electron chi connectivity index (χ3n) is 3.87. The van der Waals surface area contributed by atoms with Crippen LogP contribution in [-0.2, 0) is 21.4 Å². The molecule has 2 rings (SSSR count). The van der Waals surface area contributed by atoms with E-state index in [2.05, 4.69) is 38.1 Å². The highest BCUT2D eigenvalue weighted by atomic mass is 16.5. The molecule has 2 unspecified atom stereocenters. The van der Waals surface area contributed by atoms with Gasteiger partial charge in [0.05, 0.1) is 12.5 Å². The summed E-state index contributed by atoms with van der Waals surface area (Å²) in [6.45, 7) is 4.28. The third kappa shape index (κ3) is 1.97. The largest absolute Gasteiger partial charge is 0.468 e. The van der Waals surface area contributed by atoms with Crippen LogP contribution in [0, 0.1) is 5.92 Å². The molecule has 2 nitrogen and oxygen atoms in total. The average molecular weight is 232 g/mol. The first-order valence-corrected chi connectivity index (χ1v) is 6.33. The summed E-state index contributed by atoms with van der Waals surface area (Å²) in [7, 11) is 1.47. The van der Waals surface area contributed by atoms with Gasteiger partial charge in [0.25, 0.3) is 0 Å². The molecule has 1 saturated carbocycles. The van der Waals surface area contributed by atoms with Gasteiger partial charge in [0.15, 0.2) is 0 Å². The van der Waals surface area contributed by atoms with Crippen molar-refractivity contribution in [3.05, 3.63) is 35.4 Å². The SMILES string of the molecule is CCCc1ccc(C2(C(=O)OC)CC2C)cc1. The van der Waals surface area contributed by atoms with Crippen molar-refractivity contribution in [1.29, 1.82) is 0 Å². The second kappa shape index (κ2) is 4.52. The second-order valence-corrected chi connectivity index (χ2v) is 5.02. The highest BCUT2D eigenvalue weighted by Gasteiger charge is 2.59. The van der Waals surface area contributed by atoms with E-state index < -0.39 is 0 Å². The van der Waals surface area contributed by atoms with Crippen LogP contribution in [0.4, 0.5) is 0 Å². The molecule has 1 aliphatic rings. The Kier molecular flexibility index (Phi) is 3.23. The van der Waals surface area contributed by atoms with Crippen molar-refractivity contribution in [2.75, 3.05) is 7.11 Å². The zero-order valence-electron chi connectivity index (χ0n) is 10.8. The second-order valence-electron chi connectivity index (χ2n) is 5.02. The molecule has 1 aromatic carbocycles. The van der Waals surface area contributed by atoms with E-state index in [0.29, 0.717) is 5.92 Å². The molecule has 2 atom stereocenters. The van der Waals surface area contributed by atoms with Crippen molar-refractivity contribution in [3.63, 3.8) is 0 Å². The Balaban J connectivity index is 2.24. The van der Waals surface area contributed by atoms with Gasteiger partial charge in [-0.3, -0.25) is 4.79 Å². The molecule has 0 aliphatic heterocycles. The summed E-state index contributed by atoms with van der Waals surface area (Å²) >= 11 is 0. The number of rotatable bonds is 4. The summed E-state index contributed by atoms with van der Waals surface area (Å²) in [5.74, 6) is 0.306. The molecule has 2 heteroatoms. The fourth-order valence-electron chi connectivity index (χ4n) is 2.67. The van der Waals surface area contributed by atoms with Crippen LogP contribution in [0.2, 0.25) is 0 Å². The van der Waals surface area contributed by atoms with E-state index in [1.54, 1.807) is 0 Å². The average Bonchev–Trinajstić information content (AvgIpc) is 3.03. The zero-order valence-corrected chi connectivity index (χ0v) is 10.8. The van der Waals surface area contributed by atoms with Crippen LogP contribution in [0.3, 0.4) is 0 Å². The van der Waals surface area contributed by atoms with Crippen molar-refractivity contribution < 1.29 is 9.53 Å². The molecule has 0 radical (unpaired) electrons. The number of methoxy groups -OCH3 is 1. The lowest BCUT2D eigenvalue weighted by molar-refractivity contribution is -0.144. The lowest BCUT2D eigenvalue weighted by Gasteiger charge is -2.15. The molecular weight excluding hydrogens is 212 g/mol. The van der Waals surface area contributed by atoms with Gasteiger partial charge in [-0.2, -0.15) is 0 Å². The maximum absolute atomic E-state index is 11.9. The minimum Gasteiger partial charge on any atom is -0.468 e. The molecule has 0 N–H and O–H groups in total. The molecule has 0 amide bonds. The molecule has 1 aromatic rings. The Morgan fingerprint density at radius 1 is 1.41 bits per heavy atom. The summed E-state index contributed by atoms with van der Waals surface area (Å²) in [5.41, 5.74) is 2.08. The number of carbonyl (C=O) groups is 1. The molecule has 1 fully saturated rings. The summed E-state index contributed by atoms with van der Waals surface area (Å²) in [6, 6.07) is 8.44. The van der Waals surface area contributed by atoms with E-state index in [0.717, 1.165) is 24.8 Å². The Morgan fingerprint density at radius 3 is 2.41 bits per heavy atom. The fourth-order valence-corrected chi connectivity index (χ4v) is 2.67. The van der Waals surface area contributed by atoms with Crippen LogP contribution in [0.1, 0.15) is 37.8 Å². The summed E-state index contributed by atoms with van der Waals surface area (Å²) in [4.78, 5) is 11.9. The van der Waals surface area contributed by atoms with E-state index in [-0.39, 0.29) is 11.4 Å². The number of hydrogen-bond donors (Lipinski definition) is 0. The zero-order chi connectivity index (χ0) is 12.5. The van der Waals surface area contributed by atoms with Gasteiger partial charge in [-0.25, -0.2) is 0 Å². The molecule has 0 aromatic heterocycles. The van der Waals surface area contributed by atoms with E-state index in [1.165, 1.54) is 12.7 Å². The summed E-state index contributed by atoms with van der Waals surface area (Å²) in [5, 5.41) is 0. The maximum Gasteiger partial charge on any atom is 0.316 e. The van der Waals surface area contributed by atoms with Crippen LogP contribution in [0.5, 0.6) is 0 Å². The van der Waals surface area contributed by atoms with Gasteiger partial charge in [-0.15, -0.1) is 0 Å². The van der Waals surface area contributed by atoms with Gasteiger partial charge < -0.3 is 4.74 Å². The van der Waals surface area contributed by atoms with Gasteiger partial charge in [0.2, 0.25) is 0 Å². The number of aryl methyl sites for hydroxylation is 1. The Bertz CT molecular complexity index is 407. The first-order valence-electron chi connectivity index (χ1n) is 6.33. The minimum absolute atomic E-state index is 0.0896. The topological polar surface area (TPSA) is 26.3 Å². The predicted octanol–water partition coefficient (Wildman–Crippen LogP) is 3.09. The standard InChI is InChI=1S/C15H20O2/c1-4-5-12-6-8-13(9-7-12)15(10-11(15)2)14(16)17-3/h6-9,11H,4-5,10H2,1-3H3. The van der Waals surface area contributed by atoms with Crippen molar-refractivity contribution in [2.45, 2.75) is 38.5 Å². The molecule has 0 heterocycles. The van der Waals surface area contributed by atoms with E-state index in [4.69, 9.17) is 4.74 Å². The molecule has 0 saturated heterocycles. The van der Waals surface area contributed by atoms with Crippen LogP contribution < -0.4 is 0 Å². The van der Waals surface area contributed by atoms with Crippen LogP contribution in [-0.4, -0.2) is 13.1 Å². The monoisotopic (exact) mass is 232 g/mol. The van der Waals surface area contributed by atoms with E-state index >= 15 is 0 Å². The van der Waals surface area contributed by atoms with Crippen molar-refractivity contribution >= 4 is 5.97 Å². The Hall–Kier alpha value is -1.31. The smallest absolute Gasteiger partial charge is 0.316 e. The molecule has 0 bridgehead atoms. The fraction of sp³-hybridized carbons (Fsp3) is 0.533. The summed E-state index contributed by atoms with van der Waals surface area (Å²) in [6.07, 6.45) is 3.16. The Labute approximate surface area is 103 Å². The number of benzene rings is 1. The molecule has 0 spiro atoms. The first-order chi connectivity index (χ1) is 8.15. The van der Waals surface area contributed by atoms with Gasteiger partial charge in [0.1, 0.15) is 0 Å². The van der Waals surface area contributed by atoms with E-state index in [1.807, 2.05) is 0 Å². The highest BCUT2D eigenvalue weighted by Crippen LogP contribution is 2.54. The number of ether oxygens (including phenoxy) is 1. The maximum atomic E-state index is 11.9. The lowest BCUT2D eigenvalue weighted by Crippen LogP contribution is -2.24. The number of esters is 1. The first kappa shape index (κ1) is 12.2. The molecule has 92 valence electrons. The number of carbonyl (C=O) groups excluding carboxylic acids is 1. The molecule has 1 aliphatic carbocycles. The highest BCUT2D eigenvalue weighted by molar-refractivity contribution is 5.87. The number of hydrogen-bond acceptors (Lipinski definition) is 2. The van der Waals surface area contributed by atoms with Gasteiger partial charge in [0, 0.05) is 0 Å². The molecular formula is C15H20O2. The van der Waals surface area contributed by atoms with Crippen molar-refractivity contribution in [1.82, 2.24) is 0 Å². The van der Waals surface area contributed by atoms with Crippen molar-refractivity contribution in [3.8, 4) is 0 Å². The minimum atomic E-state index is -0.362. The van der Waals surface area contributed by atoms with Gasteiger partial charge >= 0.3 is 5.97 Å². The normalized spacial score (nSPS) is 26.6. The third-order valence-corrected chi connectivity index (χ3v) is 3.87. The molecule has 17 heavy (non-hydrogen) atoms. The Morgan fingerprint density at radius 2 is 2.00 bits per heavy atom. The lowest BCUT2D eigenvalue weighted by atomic mass is 9.92. The summed E-state index contributed by atoms with van der Waals surface area (Å²) < 4.78 is 4.94. The van der Waals surface area contributed by atoms with Crippen LogP contribution in [0.15, 0.2) is 24.3 Å². The van der Waals surface area contributed by atoms with Crippen LogP contribution >= 0.6 is 0 Å². The predicted molar refractivity (Wildman–Crippen MR) is 67.9 cm³/mol.